The smallest absolute Gasteiger partial charge is 0.255 e. The number of likely N-dealkylation sites (tertiary alicyclic amines) is 1. The van der Waals surface area contributed by atoms with Crippen LogP contribution in [0.2, 0.25) is 0 Å². The van der Waals surface area contributed by atoms with Crippen molar-refractivity contribution in [3.63, 3.8) is 0 Å². The van der Waals surface area contributed by atoms with Gasteiger partial charge in [-0.2, -0.15) is 0 Å². The van der Waals surface area contributed by atoms with E-state index in [4.69, 9.17) is 4.74 Å². The molecule has 1 N–H and O–H groups in total. The number of rotatable bonds is 2. The molecule has 0 saturated carbocycles. The van der Waals surface area contributed by atoms with E-state index in [0.717, 1.165) is 18.4 Å². The largest absolute Gasteiger partial charge is 0.483 e. The molecule has 1 fully saturated rings. The first-order valence-electron chi connectivity index (χ1n) is 9.13. The molecule has 0 unspecified atom stereocenters. The predicted octanol–water partition coefficient (Wildman–Crippen LogP) is 2.55. The Kier molecular flexibility index (Phi) is 4.56. The molecule has 2 aliphatic heterocycles. The van der Waals surface area contributed by atoms with Crippen LogP contribution < -0.4 is 10.1 Å². The van der Waals surface area contributed by atoms with Crippen LogP contribution in [0.15, 0.2) is 48.5 Å². The molecule has 6 heteroatoms. The molecule has 2 aromatic rings. The molecule has 0 aliphatic carbocycles. The molecule has 0 aromatic heterocycles. The Labute approximate surface area is 157 Å². The summed E-state index contributed by atoms with van der Waals surface area (Å²) in [5, 5.41) is 2.93. The zero-order valence-electron chi connectivity index (χ0n) is 14.9. The summed E-state index contributed by atoms with van der Waals surface area (Å²) in [7, 11) is 0. The molecule has 2 amide bonds. The lowest BCUT2D eigenvalue weighted by atomic mass is 9.92. The van der Waals surface area contributed by atoms with E-state index in [2.05, 4.69) is 5.32 Å². The maximum atomic E-state index is 13.1. The first-order valence-corrected chi connectivity index (χ1v) is 9.13. The van der Waals surface area contributed by atoms with Gasteiger partial charge in [0.15, 0.2) is 0 Å². The number of hydrogen-bond donors (Lipinski definition) is 1. The Hall–Kier alpha value is -2.89. The summed E-state index contributed by atoms with van der Waals surface area (Å²) in [6.07, 6.45) is 1.79. The molecule has 4 rings (SSSR count). The van der Waals surface area contributed by atoms with Crippen molar-refractivity contribution in [2.24, 2.45) is 0 Å². The molecule has 2 heterocycles. The van der Waals surface area contributed by atoms with Crippen LogP contribution >= 0.6 is 0 Å². The predicted molar refractivity (Wildman–Crippen MR) is 98.1 cm³/mol. The van der Waals surface area contributed by atoms with Crippen LogP contribution in [0, 0.1) is 5.82 Å². The van der Waals surface area contributed by atoms with Gasteiger partial charge in [-0.15, -0.1) is 0 Å². The molecular formula is C21H21FN2O3. The highest BCUT2D eigenvalue weighted by atomic mass is 19.1. The SMILES string of the molecule is O=C1NC[C@@]2(CCCN(C(=O)Cc3ccc(F)cc3)C2)Oc2ccccc21. The summed E-state index contributed by atoms with van der Waals surface area (Å²) in [6, 6.07) is 13.2. The molecule has 2 aliphatic rings. The number of piperidine rings is 1. The lowest BCUT2D eigenvalue weighted by molar-refractivity contribution is -0.136. The number of para-hydroxylation sites is 1. The fraction of sp³-hybridized carbons (Fsp3) is 0.333. The second-order valence-corrected chi connectivity index (χ2v) is 7.19. The highest BCUT2D eigenvalue weighted by Gasteiger charge is 2.41. The average molecular weight is 368 g/mol. The van der Waals surface area contributed by atoms with Crippen molar-refractivity contribution in [1.29, 1.82) is 0 Å². The summed E-state index contributed by atoms with van der Waals surface area (Å²) in [5.41, 5.74) is 0.671. The van der Waals surface area contributed by atoms with E-state index in [1.165, 1.54) is 12.1 Å². The molecule has 5 nitrogen and oxygen atoms in total. The van der Waals surface area contributed by atoms with E-state index in [1.54, 1.807) is 35.2 Å². The van der Waals surface area contributed by atoms with Crippen LogP contribution in [-0.2, 0) is 11.2 Å². The number of amides is 2. The van der Waals surface area contributed by atoms with Crippen LogP contribution in [0.3, 0.4) is 0 Å². The summed E-state index contributed by atoms with van der Waals surface area (Å²) in [4.78, 5) is 26.9. The van der Waals surface area contributed by atoms with Crippen molar-refractivity contribution in [2.75, 3.05) is 19.6 Å². The Morgan fingerprint density at radius 1 is 1.19 bits per heavy atom. The summed E-state index contributed by atoms with van der Waals surface area (Å²) < 4.78 is 19.3. The van der Waals surface area contributed by atoms with Gasteiger partial charge in [-0.05, 0) is 42.7 Å². The number of benzene rings is 2. The first-order chi connectivity index (χ1) is 13.0. The van der Waals surface area contributed by atoms with Gasteiger partial charge in [-0.1, -0.05) is 24.3 Å². The van der Waals surface area contributed by atoms with Gasteiger partial charge < -0.3 is 15.0 Å². The molecule has 0 radical (unpaired) electrons. The number of nitrogens with zero attached hydrogens (tertiary/aromatic N) is 1. The van der Waals surface area contributed by atoms with Crippen molar-refractivity contribution >= 4 is 11.8 Å². The van der Waals surface area contributed by atoms with Crippen molar-refractivity contribution in [1.82, 2.24) is 10.2 Å². The minimum atomic E-state index is -0.626. The Balaban J connectivity index is 1.51. The third kappa shape index (κ3) is 3.65. The van der Waals surface area contributed by atoms with Gasteiger partial charge in [0.2, 0.25) is 5.91 Å². The van der Waals surface area contributed by atoms with E-state index < -0.39 is 5.60 Å². The van der Waals surface area contributed by atoms with Crippen molar-refractivity contribution in [3.05, 3.63) is 65.5 Å². The van der Waals surface area contributed by atoms with Crippen LogP contribution in [0.25, 0.3) is 0 Å². The van der Waals surface area contributed by atoms with Crippen LogP contribution in [0.4, 0.5) is 4.39 Å². The summed E-state index contributed by atoms with van der Waals surface area (Å²) in [5.74, 6) is 0.0649. The van der Waals surface area contributed by atoms with Gasteiger partial charge in [-0.25, -0.2) is 4.39 Å². The van der Waals surface area contributed by atoms with Crippen LogP contribution in [0.1, 0.15) is 28.8 Å². The molecule has 2 aromatic carbocycles. The molecule has 1 atom stereocenters. The average Bonchev–Trinajstić information content (AvgIpc) is 2.81. The highest BCUT2D eigenvalue weighted by molar-refractivity contribution is 5.97. The molecular weight excluding hydrogens is 347 g/mol. The third-order valence-electron chi connectivity index (χ3n) is 5.19. The zero-order chi connectivity index (χ0) is 18.9. The van der Waals surface area contributed by atoms with Gasteiger partial charge in [0.25, 0.3) is 5.91 Å². The van der Waals surface area contributed by atoms with E-state index in [1.807, 2.05) is 6.07 Å². The van der Waals surface area contributed by atoms with E-state index in [0.29, 0.717) is 30.9 Å². The third-order valence-corrected chi connectivity index (χ3v) is 5.19. The molecule has 0 bridgehead atoms. The molecule has 27 heavy (non-hydrogen) atoms. The monoisotopic (exact) mass is 368 g/mol. The van der Waals surface area contributed by atoms with Gasteiger partial charge in [0, 0.05) is 6.54 Å². The number of carbonyl (C=O) groups is 2. The maximum absolute atomic E-state index is 13.1. The van der Waals surface area contributed by atoms with E-state index >= 15 is 0 Å². The summed E-state index contributed by atoms with van der Waals surface area (Å²) >= 11 is 0. The lowest BCUT2D eigenvalue weighted by Crippen LogP contribution is -2.58. The Morgan fingerprint density at radius 3 is 2.78 bits per heavy atom. The lowest BCUT2D eigenvalue weighted by Gasteiger charge is -2.42. The molecule has 1 saturated heterocycles. The fourth-order valence-electron chi connectivity index (χ4n) is 3.78. The number of carbonyl (C=O) groups excluding carboxylic acids is 2. The molecule has 140 valence electrons. The van der Waals surface area contributed by atoms with Crippen molar-refractivity contribution < 1.29 is 18.7 Å². The Bertz CT molecular complexity index is 868. The summed E-state index contributed by atoms with van der Waals surface area (Å²) in [6.45, 7) is 1.43. The number of ether oxygens (including phenoxy) is 1. The van der Waals surface area contributed by atoms with Crippen LogP contribution in [0.5, 0.6) is 5.75 Å². The van der Waals surface area contributed by atoms with E-state index in [9.17, 15) is 14.0 Å². The topological polar surface area (TPSA) is 58.6 Å². The number of nitrogens with one attached hydrogen (secondary N) is 1. The highest BCUT2D eigenvalue weighted by Crippen LogP contribution is 2.32. The van der Waals surface area contributed by atoms with Gasteiger partial charge in [0.1, 0.15) is 17.2 Å². The van der Waals surface area contributed by atoms with Gasteiger partial charge in [0.05, 0.1) is 25.1 Å². The number of halogens is 1. The van der Waals surface area contributed by atoms with E-state index in [-0.39, 0.29) is 24.1 Å². The quantitative estimate of drug-likeness (QED) is 0.886. The van der Waals surface area contributed by atoms with Gasteiger partial charge in [-0.3, -0.25) is 9.59 Å². The second-order valence-electron chi connectivity index (χ2n) is 7.19. The minimum Gasteiger partial charge on any atom is -0.483 e. The molecule has 1 spiro atoms. The van der Waals surface area contributed by atoms with Crippen molar-refractivity contribution in [2.45, 2.75) is 24.9 Å². The fourth-order valence-corrected chi connectivity index (χ4v) is 3.78. The van der Waals surface area contributed by atoms with Gasteiger partial charge >= 0.3 is 0 Å². The maximum Gasteiger partial charge on any atom is 0.255 e. The normalized spacial score (nSPS) is 21.8. The van der Waals surface area contributed by atoms with Crippen molar-refractivity contribution in [3.8, 4) is 5.75 Å². The Morgan fingerprint density at radius 2 is 1.96 bits per heavy atom. The first kappa shape index (κ1) is 17.5. The minimum absolute atomic E-state index is 0.0202. The number of hydrogen-bond acceptors (Lipinski definition) is 3. The van der Waals surface area contributed by atoms with Crippen LogP contribution in [-0.4, -0.2) is 41.9 Å². The number of fused-ring (bicyclic) bond motifs is 1. The standard InChI is InChI=1S/C21H21FN2O3/c22-16-8-6-15(7-9-16)12-19(25)24-11-3-10-21(14-24)13-23-20(26)17-4-1-2-5-18(17)27-21/h1-2,4-9H,3,10-14H2,(H,23,26)/t21-/m1/s1. The second kappa shape index (κ2) is 7.02. The zero-order valence-corrected chi connectivity index (χ0v) is 14.9.